The fourth-order valence-electron chi connectivity index (χ4n) is 3.81. The lowest BCUT2D eigenvalue weighted by atomic mass is 9.91. The first kappa shape index (κ1) is 18.7. The van der Waals surface area contributed by atoms with E-state index in [0.29, 0.717) is 29.4 Å². The van der Waals surface area contributed by atoms with Crippen LogP contribution in [0.25, 0.3) is 10.9 Å². The zero-order valence-electron chi connectivity index (χ0n) is 15.4. The van der Waals surface area contributed by atoms with E-state index in [0.717, 1.165) is 29.4 Å². The van der Waals surface area contributed by atoms with E-state index in [1.54, 1.807) is 29.2 Å². The largest absolute Gasteiger partial charge is 0.397 e. The molecule has 3 aromatic rings. The average Bonchev–Trinajstić information content (AvgIpc) is 2.73. The number of aromatic nitrogens is 1. The van der Waals surface area contributed by atoms with Crippen LogP contribution in [0.4, 0.5) is 5.69 Å². The average molecular weight is 396 g/mol. The Kier molecular flexibility index (Phi) is 5.20. The number of hydrogen-bond donors (Lipinski definition) is 2. The van der Waals surface area contributed by atoms with Crippen molar-refractivity contribution in [3.8, 4) is 0 Å². The van der Waals surface area contributed by atoms with Gasteiger partial charge in [-0.05, 0) is 42.7 Å². The van der Waals surface area contributed by atoms with Gasteiger partial charge in [-0.3, -0.25) is 9.78 Å². The summed E-state index contributed by atoms with van der Waals surface area (Å²) in [6, 6.07) is 16.6. The molecule has 0 spiro atoms. The quantitative estimate of drug-likeness (QED) is 0.704. The summed E-state index contributed by atoms with van der Waals surface area (Å²) < 4.78 is 0. The van der Waals surface area contributed by atoms with Crippen LogP contribution in [0.15, 0.2) is 54.6 Å². The van der Waals surface area contributed by atoms with Gasteiger partial charge in [-0.2, -0.15) is 0 Å². The molecule has 1 saturated heterocycles. The molecule has 1 atom stereocenters. The third-order valence-corrected chi connectivity index (χ3v) is 5.65. The van der Waals surface area contributed by atoms with E-state index in [-0.39, 0.29) is 11.8 Å². The van der Waals surface area contributed by atoms with Crippen LogP contribution in [0, 0.1) is 0 Å². The van der Waals surface area contributed by atoms with Gasteiger partial charge in [0.05, 0.1) is 16.9 Å². The summed E-state index contributed by atoms with van der Waals surface area (Å²) >= 11 is 5.87. The summed E-state index contributed by atoms with van der Waals surface area (Å²) in [5.41, 5.74) is 9.35. The lowest BCUT2D eigenvalue weighted by Crippen LogP contribution is -2.40. The van der Waals surface area contributed by atoms with Crippen molar-refractivity contribution in [1.29, 1.82) is 0 Å². The third-order valence-electron chi connectivity index (χ3n) is 5.40. The molecular formula is C22H22ClN3O2. The third kappa shape index (κ3) is 3.68. The van der Waals surface area contributed by atoms with Crippen LogP contribution in [-0.4, -0.2) is 34.0 Å². The van der Waals surface area contributed by atoms with Gasteiger partial charge in [0.1, 0.15) is 0 Å². The number of piperidine rings is 1. The second-order valence-corrected chi connectivity index (χ2v) is 7.65. The molecule has 2 aromatic carbocycles. The molecule has 2 heterocycles. The van der Waals surface area contributed by atoms with Crippen LogP contribution in [0.5, 0.6) is 0 Å². The maximum absolute atomic E-state index is 12.7. The maximum Gasteiger partial charge on any atom is 0.256 e. The van der Waals surface area contributed by atoms with Crippen LogP contribution >= 0.6 is 11.6 Å². The minimum absolute atomic E-state index is 0.210. The molecule has 1 amide bonds. The first-order valence-electron chi connectivity index (χ1n) is 9.40. The number of para-hydroxylation sites is 1. The first-order valence-corrected chi connectivity index (χ1v) is 9.78. The lowest BCUT2D eigenvalue weighted by Gasteiger charge is -2.33. The minimum Gasteiger partial charge on any atom is -0.397 e. The van der Waals surface area contributed by atoms with Crippen molar-refractivity contribution in [2.45, 2.75) is 24.9 Å². The second kappa shape index (κ2) is 7.78. The number of benzene rings is 2. The number of nitrogens with two attached hydrogens (primary N) is 1. The normalized spacial score (nSPS) is 16.3. The number of halogens is 1. The molecule has 144 valence electrons. The molecular weight excluding hydrogens is 374 g/mol. The highest BCUT2D eigenvalue weighted by atomic mass is 35.5. The Morgan fingerprint density at radius 3 is 2.54 bits per heavy atom. The summed E-state index contributed by atoms with van der Waals surface area (Å²) in [6.45, 7) is 1.14. The van der Waals surface area contributed by atoms with Gasteiger partial charge in [0.25, 0.3) is 5.91 Å². The number of fused-ring (bicyclic) bond motifs is 1. The summed E-state index contributed by atoms with van der Waals surface area (Å²) in [4.78, 5) is 19.2. The topological polar surface area (TPSA) is 79.5 Å². The van der Waals surface area contributed by atoms with Gasteiger partial charge in [-0.25, -0.2) is 0 Å². The smallest absolute Gasteiger partial charge is 0.256 e. The molecule has 1 aromatic heterocycles. The Bertz CT molecular complexity index is 998. The standard InChI is InChI=1S/C22H22ClN3O2/c23-17-7-5-15(6-8-17)21(27)22(28)26-11-9-14(10-12-26)20-18(24)13-16-3-1-2-4-19(16)25-20/h1-8,13-14,21,27H,9-12,24H2/t21-/m0/s1. The Labute approximate surface area is 168 Å². The van der Waals surface area contributed by atoms with Gasteiger partial charge in [-0.1, -0.05) is 41.9 Å². The van der Waals surface area contributed by atoms with Gasteiger partial charge in [-0.15, -0.1) is 0 Å². The van der Waals surface area contributed by atoms with Crippen LogP contribution < -0.4 is 5.73 Å². The lowest BCUT2D eigenvalue weighted by molar-refractivity contribution is -0.141. The van der Waals surface area contributed by atoms with Gasteiger partial charge in [0, 0.05) is 29.4 Å². The highest BCUT2D eigenvalue weighted by Gasteiger charge is 2.29. The number of amides is 1. The van der Waals surface area contributed by atoms with Gasteiger partial charge in [0.2, 0.25) is 0 Å². The number of aliphatic hydroxyl groups excluding tert-OH is 1. The van der Waals surface area contributed by atoms with Gasteiger partial charge in [0.15, 0.2) is 6.10 Å². The Morgan fingerprint density at radius 2 is 1.82 bits per heavy atom. The molecule has 0 unspecified atom stereocenters. The number of pyridine rings is 1. The fourth-order valence-corrected chi connectivity index (χ4v) is 3.93. The molecule has 4 rings (SSSR count). The van der Waals surface area contributed by atoms with E-state index in [2.05, 4.69) is 0 Å². The Balaban J connectivity index is 1.45. The van der Waals surface area contributed by atoms with Crippen LogP contribution in [0.1, 0.15) is 36.1 Å². The molecule has 1 aliphatic rings. The highest BCUT2D eigenvalue weighted by molar-refractivity contribution is 6.30. The van der Waals surface area contributed by atoms with Crippen molar-refractivity contribution < 1.29 is 9.90 Å². The summed E-state index contributed by atoms with van der Waals surface area (Å²) in [5.74, 6) is -0.0680. The van der Waals surface area contributed by atoms with Gasteiger partial charge < -0.3 is 15.7 Å². The second-order valence-electron chi connectivity index (χ2n) is 7.21. The Morgan fingerprint density at radius 1 is 1.14 bits per heavy atom. The molecule has 28 heavy (non-hydrogen) atoms. The molecule has 0 aliphatic carbocycles. The van der Waals surface area contributed by atoms with E-state index < -0.39 is 6.10 Å². The zero-order chi connectivity index (χ0) is 19.7. The molecule has 1 aliphatic heterocycles. The van der Waals surface area contributed by atoms with E-state index in [1.165, 1.54) is 0 Å². The van der Waals surface area contributed by atoms with Crippen LogP contribution in [-0.2, 0) is 4.79 Å². The summed E-state index contributed by atoms with van der Waals surface area (Å²) in [6.07, 6.45) is 0.376. The number of anilines is 1. The molecule has 6 heteroatoms. The highest BCUT2D eigenvalue weighted by Crippen LogP contribution is 2.33. The number of carbonyl (C=O) groups excluding carboxylic acids is 1. The van der Waals surface area contributed by atoms with Crippen molar-refractivity contribution in [2.24, 2.45) is 0 Å². The number of aliphatic hydroxyl groups is 1. The van der Waals surface area contributed by atoms with Gasteiger partial charge >= 0.3 is 0 Å². The number of hydrogen-bond acceptors (Lipinski definition) is 4. The molecule has 3 N–H and O–H groups in total. The van der Waals surface area contributed by atoms with Crippen molar-refractivity contribution >= 4 is 34.1 Å². The molecule has 0 radical (unpaired) electrons. The van der Waals surface area contributed by atoms with Crippen molar-refractivity contribution in [2.75, 3.05) is 18.8 Å². The molecule has 0 saturated carbocycles. The van der Waals surface area contributed by atoms with Crippen LogP contribution in [0.3, 0.4) is 0 Å². The number of nitrogens with zero attached hydrogens (tertiary/aromatic N) is 2. The zero-order valence-corrected chi connectivity index (χ0v) is 16.1. The number of carbonyl (C=O) groups is 1. The molecule has 0 bridgehead atoms. The number of rotatable bonds is 3. The van der Waals surface area contributed by atoms with E-state index >= 15 is 0 Å². The van der Waals surface area contributed by atoms with Crippen LogP contribution in [0.2, 0.25) is 5.02 Å². The Hall–Kier alpha value is -2.63. The summed E-state index contributed by atoms with van der Waals surface area (Å²) in [7, 11) is 0. The first-order chi connectivity index (χ1) is 13.5. The van der Waals surface area contributed by atoms with E-state index in [9.17, 15) is 9.90 Å². The maximum atomic E-state index is 12.7. The summed E-state index contributed by atoms with van der Waals surface area (Å²) in [5, 5.41) is 12.0. The van der Waals surface area contributed by atoms with E-state index in [1.807, 2.05) is 30.3 Å². The molecule has 5 nitrogen and oxygen atoms in total. The van der Waals surface area contributed by atoms with Crippen molar-refractivity contribution in [3.63, 3.8) is 0 Å². The number of likely N-dealkylation sites (tertiary alicyclic amines) is 1. The fraction of sp³-hybridized carbons (Fsp3) is 0.273. The number of nitrogen functional groups attached to an aromatic ring is 1. The molecule has 1 fully saturated rings. The van der Waals surface area contributed by atoms with Crippen molar-refractivity contribution in [3.05, 3.63) is 70.9 Å². The SMILES string of the molecule is Nc1cc2ccccc2nc1C1CCN(C(=O)[C@@H](O)c2ccc(Cl)cc2)CC1. The minimum atomic E-state index is -1.17. The van der Waals surface area contributed by atoms with Crippen molar-refractivity contribution in [1.82, 2.24) is 9.88 Å². The monoisotopic (exact) mass is 395 g/mol. The van der Waals surface area contributed by atoms with E-state index in [4.69, 9.17) is 22.3 Å². The predicted octanol–water partition coefficient (Wildman–Crippen LogP) is 3.91. The predicted molar refractivity (Wildman–Crippen MR) is 111 cm³/mol.